The monoisotopic (exact) mass is 267 g/mol. The molecule has 100 valence electrons. The Morgan fingerprint density at radius 1 is 1.50 bits per heavy atom. The molecule has 0 saturated carbocycles. The number of hydrogen-bond acceptors (Lipinski definition) is 3. The number of thiazole rings is 1. The summed E-state index contributed by atoms with van der Waals surface area (Å²) in [6, 6.07) is 0.0375. The lowest BCUT2D eigenvalue weighted by atomic mass is 9.98. The number of carbonyl (C=O) groups excluding carboxylic acids is 1. The summed E-state index contributed by atoms with van der Waals surface area (Å²) in [7, 11) is 1.68. The van der Waals surface area contributed by atoms with Gasteiger partial charge in [-0.1, -0.05) is 13.8 Å². The third-order valence-corrected chi connectivity index (χ3v) is 4.50. The fourth-order valence-electron chi connectivity index (χ4n) is 2.24. The molecule has 5 heteroatoms. The van der Waals surface area contributed by atoms with Crippen molar-refractivity contribution in [3.8, 4) is 0 Å². The van der Waals surface area contributed by atoms with Crippen molar-refractivity contribution >= 4 is 17.4 Å². The predicted octanol–water partition coefficient (Wildman–Crippen LogP) is 2.79. The first-order valence-electron chi connectivity index (χ1n) is 6.53. The Hall–Kier alpha value is -1.10. The molecule has 1 aliphatic rings. The number of aromatic nitrogens is 1. The van der Waals surface area contributed by atoms with Crippen LogP contribution >= 0.6 is 11.3 Å². The molecule has 1 N–H and O–H groups in total. The number of nitrogens with zero attached hydrogens (tertiary/aromatic N) is 2. The van der Waals surface area contributed by atoms with Gasteiger partial charge >= 0.3 is 6.03 Å². The molecule has 0 spiro atoms. The van der Waals surface area contributed by atoms with E-state index < -0.39 is 0 Å². The molecule has 1 aliphatic heterocycles. The number of nitrogens with one attached hydrogen (secondary N) is 1. The van der Waals surface area contributed by atoms with Gasteiger partial charge in [0.1, 0.15) is 0 Å². The summed E-state index contributed by atoms with van der Waals surface area (Å²) in [5, 5.41) is 6.10. The Kier molecular flexibility index (Phi) is 4.22. The van der Waals surface area contributed by atoms with Crippen molar-refractivity contribution in [3.05, 3.63) is 16.1 Å². The minimum Gasteiger partial charge on any atom is -0.341 e. The maximum Gasteiger partial charge on any atom is 0.317 e. The number of urea groups is 1. The summed E-state index contributed by atoms with van der Waals surface area (Å²) in [4.78, 5) is 18.1. The van der Waals surface area contributed by atoms with Crippen LogP contribution in [0.2, 0.25) is 0 Å². The van der Waals surface area contributed by atoms with Gasteiger partial charge in [0.05, 0.1) is 10.7 Å². The Labute approximate surface area is 112 Å². The van der Waals surface area contributed by atoms with E-state index in [1.807, 2.05) is 4.90 Å². The number of likely N-dealkylation sites (tertiary alicyclic amines) is 1. The van der Waals surface area contributed by atoms with E-state index in [4.69, 9.17) is 4.98 Å². The normalized spacial score (nSPS) is 17.2. The van der Waals surface area contributed by atoms with Crippen molar-refractivity contribution in [1.82, 2.24) is 15.2 Å². The molecule has 2 rings (SSSR count). The summed E-state index contributed by atoms with van der Waals surface area (Å²) < 4.78 is 0. The van der Waals surface area contributed by atoms with E-state index in [9.17, 15) is 4.79 Å². The minimum atomic E-state index is 0.0375. The van der Waals surface area contributed by atoms with E-state index >= 15 is 0 Å². The summed E-state index contributed by atoms with van der Waals surface area (Å²) in [5.74, 6) is 1.03. The second kappa shape index (κ2) is 5.69. The van der Waals surface area contributed by atoms with Crippen LogP contribution < -0.4 is 5.32 Å². The van der Waals surface area contributed by atoms with E-state index in [1.54, 1.807) is 18.4 Å². The first-order chi connectivity index (χ1) is 8.61. The first-order valence-corrected chi connectivity index (χ1v) is 7.41. The van der Waals surface area contributed by atoms with Crippen LogP contribution in [0, 0.1) is 0 Å². The highest BCUT2D eigenvalue weighted by Crippen LogP contribution is 2.31. The third kappa shape index (κ3) is 2.83. The molecule has 4 nitrogen and oxygen atoms in total. The van der Waals surface area contributed by atoms with E-state index in [0.29, 0.717) is 11.8 Å². The van der Waals surface area contributed by atoms with E-state index in [2.05, 4.69) is 24.5 Å². The summed E-state index contributed by atoms with van der Waals surface area (Å²) in [6.45, 7) is 6.02. The number of piperidine rings is 1. The number of rotatable bonds is 2. The van der Waals surface area contributed by atoms with Crippen molar-refractivity contribution in [2.45, 2.75) is 38.5 Å². The highest BCUT2D eigenvalue weighted by atomic mass is 32.1. The zero-order valence-electron chi connectivity index (χ0n) is 11.3. The molecule has 18 heavy (non-hydrogen) atoms. The molecule has 1 fully saturated rings. The van der Waals surface area contributed by atoms with Crippen molar-refractivity contribution in [1.29, 1.82) is 0 Å². The lowest BCUT2D eigenvalue weighted by Gasteiger charge is -2.30. The molecular formula is C13H21N3OS. The molecule has 1 aromatic rings. The SMILES string of the molecule is CNC(=O)N1CCC(c2nc(C(C)C)cs2)CC1. The van der Waals surface area contributed by atoms with Crippen LogP contribution in [0.5, 0.6) is 0 Å². The van der Waals surface area contributed by atoms with Crippen LogP contribution in [0.15, 0.2) is 5.38 Å². The molecule has 2 heterocycles. The molecule has 0 bridgehead atoms. The fraction of sp³-hybridized carbons (Fsp3) is 0.692. The van der Waals surface area contributed by atoms with Gasteiger partial charge in [0.2, 0.25) is 0 Å². The van der Waals surface area contributed by atoms with Crippen LogP contribution in [-0.4, -0.2) is 36.1 Å². The largest absolute Gasteiger partial charge is 0.341 e. The van der Waals surface area contributed by atoms with Gasteiger partial charge in [0.15, 0.2) is 0 Å². The fourth-order valence-corrected chi connectivity index (χ4v) is 3.39. The molecular weight excluding hydrogens is 246 g/mol. The summed E-state index contributed by atoms with van der Waals surface area (Å²) in [5.41, 5.74) is 1.20. The number of carbonyl (C=O) groups is 1. The topological polar surface area (TPSA) is 45.2 Å². The van der Waals surface area contributed by atoms with Gasteiger partial charge in [-0.2, -0.15) is 0 Å². The second-order valence-electron chi connectivity index (χ2n) is 5.08. The summed E-state index contributed by atoms with van der Waals surface area (Å²) in [6.07, 6.45) is 2.05. The van der Waals surface area contributed by atoms with E-state index in [0.717, 1.165) is 25.9 Å². The molecule has 0 radical (unpaired) electrons. The molecule has 1 aromatic heterocycles. The predicted molar refractivity (Wildman–Crippen MR) is 74.2 cm³/mol. The van der Waals surface area contributed by atoms with Gasteiger partial charge in [-0.25, -0.2) is 9.78 Å². The van der Waals surface area contributed by atoms with Gasteiger partial charge in [-0.3, -0.25) is 0 Å². The molecule has 0 atom stereocenters. The first kappa shape index (κ1) is 13.3. The number of hydrogen-bond donors (Lipinski definition) is 1. The second-order valence-corrected chi connectivity index (χ2v) is 5.97. The van der Waals surface area contributed by atoms with E-state index in [-0.39, 0.29) is 6.03 Å². The Bertz CT molecular complexity index is 408. The van der Waals surface area contributed by atoms with Crippen molar-refractivity contribution in [3.63, 3.8) is 0 Å². The lowest BCUT2D eigenvalue weighted by Crippen LogP contribution is -2.42. The van der Waals surface area contributed by atoms with Crippen molar-refractivity contribution < 1.29 is 4.79 Å². The highest BCUT2D eigenvalue weighted by Gasteiger charge is 2.25. The quantitative estimate of drug-likeness (QED) is 0.895. The molecule has 0 aliphatic carbocycles. The van der Waals surface area contributed by atoms with E-state index in [1.165, 1.54) is 10.7 Å². The summed E-state index contributed by atoms with van der Waals surface area (Å²) >= 11 is 1.77. The Morgan fingerprint density at radius 2 is 2.17 bits per heavy atom. The molecule has 0 aromatic carbocycles. The van der Waals surface area contributed by atoms with Crippen LogP contribution in [0.25, 0.3) is 0 Å². The van der Waals surface area contributed by atoms with Gasteiger partial charge < -0.3 is 10.2 Å². The minimum absolute atomic E-state index is 0.0375. The maximum absolute atomic E-state index is 11.5. The van der Waals surface area contributed by atoms with Crippen LogP contribution in [0.1, 0.15) is 49.2 Å². The highest BCUT2D eigenvalue weighted by molar-refractivity contribution is 7.09. The van der Waals surface area contributed by atoms with Crippen molar-refractivity contribution in [2.75, 3.05) is 20.1 Å². The van der Waals surface area contributed by atoms with Gasteiger partial charge in [-0.05, 0) is 18.8 Å². The third-order valence-electron chi connectivity index (χ3n) is 3.48. The van der Waals surface area contributed by atoms with Crippen LogP contribution in [0.3, 0.4) is 0 Å². The molecule has 1 saturated heterocycles. The molecule has 2 amide bonds. The standard InChI is InChI=1S/C13H21N3OS/c1-9(2)11-8-18-12(15-11)10-4-6-16(7-5-10)13(17)14-3/h8-10H,4-7H2,1-3H3,(H,14,17). The average molecular weight is 267 g/mol. The molecule has 0 unspecified atom stereocenters. The zero-order valence-corrected chi connectivity index (χ0v) is 12.1. The van der Waals surface area contributed by atoms with Gasteiger partial charge in [0, 0.05) is 31.4 Å². The zero-order chi connectivity index (χ0) is 13.1. The van der Waals surface area contributed by atoms with Crippen LogP contribution in [-0.2, 0) is 0 Å². The van der Waals surface area contributed by atoms with Gasteiger partial charge in [0.25, 0.3) is 0 Å². The van der Waals surface area contributed by atoms with Crippen molar-refractivity contribution in [2.24, 2.45) is 0 Å². The smallest absolute Gasteiger partial charge is 0.317 e. The maximum atomic E-state index is 11.5. The van der Waals surface area contributed by atoms with Crippen LogP contribution in [0.4, 0.5) is 4.79 Å². The number of amides is 2. The Morgan fingerprint density at radius 3 is 2.67 bits per heavy atom. The Balaban J connectivity index is 1.94. The van der Waals surface area contributed by atoms with Gasteiger partial charge in [-0.15, -0.1) is 11.3 Å². The lowest BCUT2D eigenvalue weighted by molar-refractivity contribution is 0.183. The average Bonchev–Trinajstić information content (AvgIpc) is 2.88.